The number of nitrogens with two attached hydrogens (primary N) is 1. The first-order valence-electron chi connectivity index (χ1n) is 5.74. The minimum Gasteiger partial charge on any atom is -0.330 e. The van der Waals surface area contributed by atoms with E-state index in [-0.39, 0.29) is 5.91 Å². The van der Waals surface area contributed by atoms with Gasteiger partial charge in [-0.25, -0.2) is 5.01 Å². The van der Waals surface area contributed by atoms with Gasteiger partial charge < -0.3 is 5.73 Å². The molecule has 4 heteroatoms. The van der Waals surface area contributed by atoms with Gasteiger partial charge in [0.1, 0.15) is 0 Å². The van der Waals surface area contributed by atoms with E-state index >= 15 is 0 Å². The summed E-state index contributed by atoms with van der Waals surface area (Å²) in [5.74, 6) is 0.113. The molecule has 0 saturated heterocycles. The molecule has 0 bridgehead atoms. The second-order valence-electron chi connectivity index (χ2n) is 4.22. The Morgan fingerprint density at radius 2 is 1.67 bits per heavy atom. The second-order valence-corrected chi connectivity index (χ2v) is 4.22. The van der Waals surface area contributed by atoms with Crippen LogP contribution in [-0.2, 0) is 4.79 Å². The minimum absolute atomic E-state index is 0.113. The zero-order valence-electron chi connectivity index (χ0n) is 10.7. The van der Waals surface area contributed by atoms with Gasteiger partial charge in [0.2, 0.25) is 5.91 Å². The fraction of sp³-hybridized carbons (Fsp3) is 0.909. The number of amides is 1. The smallest absolute Gasteiger partial charge is 0.238 e. The van der Waals surface area contributed by atoms with Crippen LogP contribution in [0.25, 0.3) is 0 Å². The molecule has 0 rings (SSSR count). The van der Waals surface area contributed by atoms with Crippen molar-refractivity contribution in [1.29, 1.82) is 0 Å². The summed E-state index contributed by atoms with van der Waals surface area (Å²) in [5.41, 5.74) is 5.41. The van der Waals surface area contributed by atoms with Gasteiger partial charge in [-0.1, -0.05) is 0 Å². The molecule has 15 heavy (non-hydrogen) atoms. The molecule has 0 aromatic heterocycles. The second kappa shape index (κ2) is 6.80. The predicted molar refractivity (Wildman–Crippen MR) is 63.2 cm³/mol. The number of hydrogen-bond donors (Lipinski definition) is 1. The average molecular weight is 215 g/mol. The molecule has 2 N–H and O–H groups in total. The normalized spacial score (nSPS) is 11.5. The van der Waals surface area contributed by atoms with Gasteiger partial charge in [0.15, 0.2) is 0 Å². The molecule has 0 spiro atoms. The van der Waals surface area contributed by atoms with Crippen molar-refractivity contribution >= 4 is 5.91 Å². The third-order valence-electron chi connectivity index (χ3n) is 2.28. The molecule has 90 valence electrons. The average Bonchev–Trinajstić information content (AvgIpc) is 2.12. The van der Waals surface area contributed by atoms with Crippen molar-refractivity contribution in [1.82, 2.24) is 10.0 Å². The Labute approximate surface area is 93.4 Å². The Balaban J connectivity index is 4.66. The number of hydrazine groups is 1. The van der Waals surface area contributed by atoms with Crippen molar-refractivity contribution < 1.29 is 4.79 Å². The number of nitrogens with zero attached hydrogens (tertiary/aromatic N) is 2. The molecule has 0 aliphatic carbocycles. The van der Waals surface area contributed by atoms with Gasteiger partial charge in [0.25, 0.3) is 0 Å². The van der Waals surface area contributed by atoms with E-state index in [4.69, 9.17) is 5.73 Å². The molecule has 0 aliphatic rings. The van der Waals surface area contributed by atoms with Gasteiger partial charge >= 0.3 is 0 Å². The van der Waals surface area contributed by atoms with Crippen molar-refractivity contribution in [3.05, 3.63) is 0 Å². The van der Waals surface area contributed by atoms with Gasteiger partial charge in [0.05, 0.1) is 0 Å². The Morgan fingerprint density at radius 1 is 1.20 bits per heavy atom. The van der Waals surface area contributed by atoms with Crippen molar-refractivity contribution in [2.24, 2.45) is 5.73 Å². The zero-order chi connectivity index (χ0) is 12.0. The lowest BCUT2D eigenvalue weighted by Gasteiger charge is -2.40. The fourth-order valence-electron chi connectivity index (χ4n) is 1.87. The van der Waals surface area contributed by atoms with Crippen LogP contribution >= 0.6 is 0 Å². The fourth-order valence-corrected chi connectivity index (χ4v) is 1.87. The van der Waals surface area contributed by atoms with Gasteiger partial charge in [0, 0.05) is 31.6 Å². The maximum atomic E-state index is 11.8. The Hall–Kier alpha value is -0.610. The van der Waals surface area contributed by atoms with E-state index in [2.05, 4.69) is 32.7 Å². The minimum atomic E-state index is 0.113. The lowest BCUT2D eigenvalue weighted by atomic mass is 10.2. The van der Waals surface area contributed by atoms with Gasteiger partial charge in [-0.3, -0.25) is 9.80 Å². The van der Waals surface area contributed by atoms with Crippen LogP contribution in [0.5, 0.6) is 0 Å². The molecule has 4 nitrogen and oxygen atoms in total. The molecule has 1 amide bonds. The van der Waals surface area contributed by atoms with Crippen LogP contribution in [-0.4, -0.2) is 41.1 Å². The van der Waals surface area contributed by atoms with Crippen LogP contribution in [0, 0.1) is 0 Å². The van der Waals surface area contributed by atoms with E-state index in [1.54, 1.807) is 0 Å². The van der Waals surface area contributed by atoms with E-state index in [9.17, 15) is 4.79 Å². The van der Waals surface area contributed by atoms with Crippen LogP contribution in [0.2, 0.25) is 0 Å². The van der Waals surface area contributed by atoms with Crippen LogP contribution < -0.4 is 5.73 Å². The maximum absolute atomic E-state index is 11.8. The molecular formula is C11H25N3O. The first kappa shape index (κ1) is 14.4. The lowest BCUT2D eigenvalue weighted by molar-refractivity contribution is -0.156. The van der Waals surface area contributed by atoms with E-state index in [0.717, 1.165) is 0 Å². The lowest BCUT2D eigenvalue weighted by Crippen LogP contribution is -2.53. The molecule has 0 atom stereocenters. The van der Waals surface area contributed by atoms with Crippen molar-refractivity contribution in [2.45, 2.75) is 53.1 Å². The van der Waals surface area contributed by atoms with Crippen LogP contribution in [0.3, 0.4) is 0 Å². The third-order valence-corrected chi connectivity index (χ3v) is 2.28. The summed E-state index contributed by atoms with van der Waals surface area (Å²) in [5, 5.41) is 3.92. The number of rotatable bonds is 6. The monoisotopic (exact) mass is 215 g/mol. The van der Waals surface area contributed by atoms with E-state index in [0.29, 0.717) is 31.6 Å². The topological polar surface area (TPSA) is 49.6 Å². The Kier molecular flexibility index (Phi) is 6.52. The molecule has 0 heterocycles. The van der Waals surface area contributed by atoms with Crippen molar-refractivity contribution in [2.75, 3.05) is 13.1 Å². The zero-order valence-corrected chi connectivity index (χ0v) is 10.7. The quantitative estimate of drug-likeness (QED) is 0.678. The third kappa shape index (κ3) is 4.18. The Bertz CT molecular complexity index is 184. The highest BCUT2D eigenvalue weighted by Gasteiger charge is 2.23. The molecule has 0 unspecified atom stereocenters. The van der Waals surface area contributed by atoms with Crippen LogP contribution in [0.4, 0.5) is 0 Å². The van der Waals surface area contributed by atoms with Crippen LogP contribution in [0.15, 0.2) is 0 Å². The molecule has 0 aliphatic heterocycles. The standard InChI is InChI=1S/C11H25N3O/c1-6-13(11(15)7-8-12)14(9(2)3)10(4)5/h9-10H,6-8,12H2,1-5H3. The van der Waals surface area contributed by atoms with E-state index in [1.165, 1.54) is 0 Å². The number of carbonyl (C=O) groups is 1. The molecule has 0 aromatic carbocycles. The summed E-state index contributed by atoms with van der Waals surface area (Å²) >= 11 is 0. The van der Waals surface area contributed by atoms with Gasteiger partial charge in [-0.15, -0.1) is 0 Å². The first-order valence-corrected chi connectivity index (χ1v) is 5.74. The highest BCUT2D eigenvalue weighted by molar-refractivity contribution is 5.75. The van der Waals surface area contributed by atoms with E-state index < -0.39 is 0 Å². The summed E-state index contributed by atoms with van der Waals surface area (Å²) in [6.45, 7) is 11.5. The summed E-state index contributed by atoms with van der Waals surface area (Å²) < 4.78 is 0. The number of hydrogen-bond acceptors (Lipinski definition) is 3. The highest BCUT2D eigenvalue weighted by Crippen LogP contribution is 2.11. The van der Waals surface area contributed by atoms with Gasteiger partial charge in [-0.05, 0) is 34.6 Å². The summed E-state index contributed by atoms with van der Waals surface area (Å²) in [4.78, 5) is 11.8. The molecule has 0 radical (unpaired) electrons. The summed E-state index contributed by atoms with van der Waals surface area (Å²) in [6.07, 6.45) is 0.420. The van der Waals surface area contributed by atoms with Crippen molar-refractivity contribution in [3.8, 4) is 0 Å². The van der Waals surface area contributed by atoms with E-state index in [1.807, 2.05) is 11.9 Å². The largest absolute Gasteiger partial charge is 0.330 e. The number of carbonyl (C=O) groups excluding carboxylic acids is 1. The maximum Gasteiger partial charge on any atom is 0.238 e. The summed E-state index contributed by atoms with van der Waals surface area (Å²) in [6, 6.07) is 0.651. The van der Waals surface area contributed by atoms with Gasteiger partial charge in [-0.2, -0.15) is 0 Å². The molecule has 0 fully saturated rings. The van der Waals surface area contributed by atoms with Crippen LogP contribution in [0.1, 0.15) is 41.0 Å². The van der Waals surface area contributed by atoms with Crippen molar-refractivity contribution in [3.63, 3.8) is 0 Å². The summed E-state index contributed by atoms with van der Waals surface area (Å²) in [7, 11) is 0. The molecule has 0 saturated carbocycles. The molecular weight excluding hydrogens is 190 g/mol. The molecule has 0 aromatic rings. The Morgan fingerprint density at radius 3 is 1.93 bits per heavy atom. The first-order chi connectivity index (χ1) is 6.95. The SMILES string of the molecule is CCN(C(=O)CCN)N(C(C)C)C(C)C. The highest BCUT2D eigenvalue weighted by atomic mass is 16.2. The predicted octanol–water partition coefficient (Wildman–Crippen LogP) is 1.22.